The molecule has 1 aliphatic heterocycles. The number of nitrogens with zero attached hydrogens (tertiary/aromatic N) is 4. The van der Waals surface area contributed by atoms with Crippen molar-refractivity contribution < 1.29 is 0 Å². The highest BCUT2D eigenvalue weighted by Crippen LogP contribution is 2.38. The molecule has 1 aromatic rings. The summed E-state index contributed by atoms with van der Waals surface area (Å²) < 4.78 is 0. The number of nitriles is 2. The number of hydrogen-bond donors (Lipinski definition) is 1. The Hall–Kier alpha value is -1.76. The minimum absolute atomic E-state index is 0.323. The highest BCUT2D eigenvalue weighted by atomic mass is 32.1. The molecule has 1 aliphatic rings. The van der Waals surface area contributed by atoms with Gasteiger partial charge in [0.1, 0.15) is 27.6 Å². The van der Waals surface area contributed by atoms with Crippen LogP contribution in [0.1, 0.15) is 24.3 Å². The Bertz CT molecular complexity index is 553. The molecule has 2 unspecified atom stereocenters. The van der Waals surface area contributed by atoms with Crippen LogP contribution in [-0.2, 0) is 0 Å². The molecule has 0 amide bonds. The monoisotopic (exact) mass is 275 g/mol. The Labute approximate surface area is 117 Å². The van der Waals surface area contributed by atoms with E-state index in [0.29, 0.717) is 28.2 Å². The lowest BCUT2D eigenvalue weighted by atomic mass is 10.1. The third-order valence-corrected chi connectivity index (χ3v) is 4.96. The van der Waals surface area contributed by atoms with Gasteiger partial charge in [-0.3, -0.25) is 4.90 Å². The smallest absolute Gasteiger partial charge is 0.131 e. The molecular weight excluding hydrogens is 258 g/mol. The third kappa shape index (κ3) is 2.25. The molecule has 0 aliphatic carbocycles. The molecule has 100 valence electrons. The predicted octanol–water partition coefficient (Wildman–Crippen LogP) is 1.60. The fourth-order valence-corrected chi connectivity index (χ4v) is 3.40. The van der Waals surface area contributed by atoms with Crippen LogP contribution in [0.25, 0.3) is 0 Å². The van der Waals surface area contributed by atoms with E-state index in [9.17, 15) is 5.26 Å². The maximum absolute atomic E-state index is 9.25. The first-order valence-electron chi connectivity index (χ1n) is 6.19. The molecule has 5 nitrogen and oxygen atoms in total. The maximum atomic E-state index is 9.25. The topological polar surface area (TPSA) is 80.1 Å². The lowest BCUT2D eigenvalue weighted by molar-refractivity contribution is 0.170. The van der Waals surface area contributed by atoms with Crippen LogP contribution in [0.5, 0.6) is 0 Å². The normalized spacial score (nSPS) is 23.9. The first kappa shape index (κ1) is 13.7. The van der Waals surface area contributed by atoms with Crippen LogP contribution in [-0.4, -0.2) is 37.1 Å². The predicted molar refractivity (Wildman–Crippen MR) is 77.1 cm³/mol. The molecule has 2 rings (SSSR count). The van der Waals surface area contributed by atoms with E-state index in [1.165, 1.54) is 11.3 Å². The number of nitrogen functional groups attached to an aromatic ring is 1. The summed E-state index contributed by atoms with van der Waals surface area (Å²) in [5.41, 5.74) is 6.63. The standard InChI is InChI=1S/C13H17N5S/c1-8-6-18(7-9(2)17(8)3)13-10(4-14)12(16)11(5-15)19-13/h8-9H,6-7,16H2,1-3H3. The van der Waals surface area contributed by atoms with Gasteiger partial charge >= 0.3 is 0 Å². The average molecular weight is 275 g/mol. The van der Waals surface area contributed by atoms with E-state index in [1.807, 2.05) is 0 Å². The van der Waals surface area contributed by atoms with Gasteiger partial charge in [0.15, 0.2) is 0 Å². The Kier molecular flexibility index (Phi) is 3.66. The Morgan fingerprint density at radius 3 is 2.26 bits per heavy atom. The second-order valence-corrected chi connectivity index (χ2v) is 6.02. The van der Waals surface area contributed by atoms with Crippen LogP contribution < -0.4 is 10.6 Å². The van der Waals surface area contributed by atoms with Crippen molar-refractivity contribution in [2.45, 2.75) is 25.9 Å². The summed E-state index contributed by atoms with van der Waals surface area (Å²) in [6, 6.07) is 5.02. The molecule has 0 aromatic carbocycles. The van der Waals surface area contributed by atoms with Gasteiger partial charge in [-0.2, -0.15) is 10.5 Å². The van der Waals surface area contributed by atoms with E-state index in [0.717, 1.165) is 18.1 Å². The van der Waals surface area contributed by atoms with Crippen molar-refractivity contribution in [2.24, 2.45) is 0 Å². The first-order valence-corrected chi connectivity index (χ1v) is 7.00. The van der Waals surface area contributed by atoms with Gasteiger partial charge in [0.2, 0.25) is 0 Å². The minimum atomic E-state index is 0.323. The van der Waals surface area contributed by atoms with Gasteiger partial charge in [-0.05, 0) is 20.9 Å². The van der Waals surface area contributed by atoms with Gasteiger partial charge in [0, 0.05) is 25.2 Å². The van der Waals surface area contributed by atoms with Gasteiger partial charge in [-0.25, -0.2) is 0 Å². The van der Waals surface area contributed by atoms with Crippen LogP contribution in [0.4, 0.5) is 10.7 Å². The summed E-state index contributed by atoms with van der Waals surface area (Å²) in [6.45, 7) is 6.02. The molecule has 0 radical (unpaired) electrons. The van der Waals surface area contributed by atoms with Crippen LogP contribution >= 0.6 is 11.3 Å². The first-order chi connectivity index (χ1) is 8.99. The third-order valence-electron chi connectivity index (χ3n) is 3.79. The van der Waals surface area contributed by atoms with Gasteiger partial charge < -0.3 is 10.6 Å². The van der Waals surface area contributed by atoms with Crippen molar-refractivity contribution in [3.8, 4) is 12.1 Å². The second-order valence-electron chi connectivity index (χ2n) is 5.02. The van der Waals surface area contributed by atoms with Crippen molar-refractivity contribution in [2.75, 3.05) is 30.8 Å². The van der Waals surface area contributed by atoms with Crippen molar-refractivity contribution in [1.82, 2.24) is 4.90 Å². The number of hydrogen-bond acceptors (Lipinski definition) is 6. The Balaban J connectivity index is 2.38. The highest BCUT2D eigenvalue weighted by Gasteiger charge is 2.30. The van der Waals surface area contributed by atoms with Crippen LogP contribution in [0.15, 0.2) is 0 Å². The zero-order chi connectivity index (χ0) is 14.2. The van der Waals surface area contributed by atoms with Gasteiger partial charge in [0.05, 0.1) is 5.69 Å². The SMILES string of the molecule is CC1CN(c2sc(C#N)c(N)c2C#N)CC(C)N1C. The van der Waals surface area contributed by atoms with E-state index in [4.69, 9.17) is 11.0 Å². The molecular formula is C13H17N5S. The molecule has 2 N–H and O–H groups in total. The van der Waals surface area contributed by atoms with Gasteiger partial charge in [-0.15, -0.1) is 11.3 Å². The van der Waals surface area contributed by atoms with E-state index in [-0.39, 0.29) is 0 Å². The summed E-state index contributed by atoms with van der Waals surface area (Å²) in [5, 5.41) is 19.1. The molecule has 19 heavy (non-hydrogen) atoms. The molecule has 0 bridgehead atoms. The van der Waals surface area contributed by atoms with E-state index in [1.54, 1.807) is 0 Å². The van der Waals surface area contributed by atoms with Crippen LogP contribution in [0.2, 0.25) is 0 Å². The number of thiophene rings is 1. The lowest BCUT2D eigenvalue weighted by Crippen LogP contribution is -2.55. The zero-order valence-corrected chi connectivity index (χ0v) is 12.2. The molecule has 1 fully saturated rings. The van der Waals surface area contributed by atoms with E-state index >= 15 is 0 Å². The summed E-state index contributed by atoms with van der Waals surface area (Å²) >= 11 is 1.32. The summed E-state index contributed by atoms with van der Waals surface area (Å²) in [4.78, 5) is 4.94. The number of likely N-dealkylation sites (N-methyl/N-ethyl adjacent to an activating group) is 1. The van der Waals surface area contributed by atoms with Crippen molar-refractivity contribution in [1.29, 1.82) is 10.5 Å². The van der Waals surface area contributed by atoms with Gasteiger partial charge in [-0.1, -0.05) is 0 Å². The van der Waals surface area contributed by atoms with E-state index < -0.39 is 0 Å². The molecule has 0 spiro atoms. The molecule has 2 heterocycles. The van der Waals surface area contributed by atoms with Gasteiger partial charge in [0.25, 0.3) is 0 Å². The molecule has 2 atom stereocenters. The van der Waals surface area contributed by atoms with E-state index in [2.05, 4.69) is 42.8 Å². The maximum Gasteiger partial charge on any atom is 0.131 e. The molecule has 1 aromatic heterocycles. The second kappa shape index (κ2) is 5.08. The van der Waals surface area contributed by atoms with Crippen molar-refractivity contribution in [3.05, 3.63) is 10.4 Å². The quantitative estimate of drug-likeness (QED) is 0.842. The zero-order valence-electron chi connectivity index (χ0n) is 11.3. The lowest BCUT2D eigenvalue weighted by Gasteiger charge is -2.43. The van der Waals surface area contributed by atoms with Crippen molar-refractivity contribution in [3.63, 3.8) is 0 Å². The summed E-state index contributed by atoms with van der Waals surface area (Å²) in [6.07, 6.45) is 0. The average Bonchev–Trinajstić information content (AvgIpc) is 2.71. The van der Waals surface area contributed by atoms with Crippen LogP contribution in [0.3, 0.4) is 0 Å². The summed E-state index contributed by atoms with van der Waals surface area (Å²) in [5.74, 6) is 0. The largest absolute Gasteiger partial charge is 0.396 e. The molecule has 1 saturated heterocycles. The highest BCUT2D eigenvalue weighted by molar-refractivity contribution is 7.17. The minimum Gasteiger partial charge on any atom is -0.396 e. The number of nitrogens with two attached hydrogens (primary N) is 1. The molecule has 0 saturated carbocycles. The number of rotatable bonds is 1. The molecule has 6 heteroatoms. The fraction of sp³-hybridized carbons (Fsp3) is 0.538. The van der Waals surface area contributed by atoms with Crippen LogP contribution in [0, 0.1) is 22.7 Å². The Morgan fingerprint density at radius 2 is 1.79 bits per heavy atom. The van der Waals surface area contributed by atoms with Crippen molar-refractivity contribution >= 4 is 22.0 Å². The Morgan fingerprint density at radius 1 is 1.21 bits per heavy atom. The summed E-state index contributed by atoms with van der Waals surface area (Å²) in [7, 11) is 2.11. The number of piperazine rings is 1. The fourth-order valence-electron chi connectivity index (χ4n) is 2.42. The number of anilines is 2.